The molecule has 0 spiro atoms. The van der Waals surface area contributed by atoms with Crippen LogP contribution in [0.3, 0.4) is 0 Å². The minimum atomic E-state index is -4.20. The number of nitrogens with one attached hydrogen (secondary N) is 1. The molecule has 3 aromatic rings. The van der Waals surface area contributed by atoms with E-state index < -0.39 is 24.7 Å². The molecule has 0 heterocycles. The van der Waals surface area contributed by atoms with Crippen LogP contribution in [0.5, 0.6) is 11.5 Å². The molecule has 34 heavy (non-hydrogen) atoms. The molecule has 2 atom stereocenters. The highest BCUT2D eigenvalue weighted by Gasteiger charge is 2.34. The van der Waals surface area contributed by atoms with Crippen molar-refractivity contribution in [2.75, 3.05) is 6.61 Å². The van der Waals surface area contributed by atoms with Gasteiger partial charge in [0.1, 0.15) is 17.5 Å². The topological polar surface area (TPSA) is 117 Å². The minimum Gasteiger partial charge on any atom is -0.464 e. The Morgan fingerprint density at radius 3 is 2.32 bits per heavy atom. The van der Waals surface area contributed by atoms with Crippen LogP contribution in [0, 0.1) is 15.5 Å². The summed E-state index contributed by atoms with van der Waals surface area (Å²) in [6, 6.07) is 16.7. The average Bonchev–Trinajstić information content (AvgIpc) is 2.77. The predicted octanol–water partition coefficient (Wildman–Crippen LogP) is 5.88. The van der Waals surface area contributed by atoms with E-state index >= 15 is 0 Å². The fourth-order valence-corrected chi connectivity index (χ4v) is 4.49. The molecule has 3 rings (SSSR count). The van der Waals surface area contributed by atoms with Gasteiger partial charge < -0.3 is 13.8 Å². The van der Waals surface area contributed by atoms with Crippen molar-refractivity contribution in [2.45, 2.75) is 33.7 Å². The van der Waals surface area contributed by atoms with Gasteiger partial charge >= 0.3 is 13.7 Å². The highest BCUT2D eigenvalue weighted by atomic mass is 31.2. The Hall–Kier alpha value is -3.42. The van der Waals surface area contributed by atoms with Crippen molar-refractivity contribution in [3.05, 3.63) is 76.8 Å². The molecule has 10 heteroatoms. The van der Waals surface area contributed by atoms with E-state index in [-0.39, 0.29) is 29.2 Å². The van der Waals surface area contributed by atoms with E-state index in [1.54, 1.807) is 12.1 Å². The molecule has 0 bridgehead atoms. The van der Waals surface area contributed by atoms with Gasteiger partial charge in [0, 0.05) is 17.5 Å². The molecule has 0 aliphatic heterocycles. The first-order chi connectivity index (χ1) is 16.0. The molecule has 0 fully saturated rings. The van der Waals surface area contributed by atoms with Gasteiger partial charge in [0.2, 0.25) is 0 Å². The van der Waals surface area contributed by atoms with Crippen molar-refractivity contribution >= 4 is 30.2 Å². The third kappa shape index (κ3) is 6.79. The highest BCUT2D eigenvalue weighted by molar-refractivity contribution is 7.52. The Kier molecular flexibility index (Phi) is 7.59. The van der Waals surface area contributed by atoms with E-state index in [1.165, 1.54) is 31.2 Å². The number of carbonyl (C=O) groups excluding carboxylic acids is 1. The maximum Gasteiger partial charge on any atom is 0.513 e. The number of nitrogens with zero attached hydrogens (tertiary/aromatic N) is 1. The van der Waals surface area contributed by atoms with Crippen molar-refractivity contribution in [3.63, 3.8) is 0 Å². The number of rotatable bonds is 9. The summed E-state index contributed by atoms with van der Waals surface area (Å²) in [6.45, 7) is 7.43. The third-order valence-corrected chi connectivity index (χ3v) is 6.19. The molecule has 0 saturated heterocycles. The maximum atomic E-state index is 13.8. The number of nitro groups is 1. The molecule has 0 aliphatic rings. The first-order valence-electron chi connectivity index (χ1n) is 10.6. The molecule has 3 aromatic carbocycles. The second kappa shape index (κ2) is 10.2. The zero-order chi connectivity index (χ0) is 24.9. The number of carbonyl (C=O) groups is 1. The lowest BCUT2D eigenvalue weighted by Crippen LogP contribution is -2.37. The molecule has 0 aromatic heterocycles. The van der Waals surface area contributed by atoms with E-state index in [9.17, 15) is 19.5 Å². The van der Waals surface area contributed by atoms with E-state index in [1.807, 2.05) is 51.1 Å². The van der Waals surface area contributed by atoms with Crippen LogP contribution in [0.4, 0.5) is 5.69 Å². The normalized spacial score (nSPS) is 14.1. The highest BCUT2D eigenvalue weighted by Crippen LogP contribution is 2.47. The second-order valence-electron chi connectivity index (χ2n) is 8.93. The Labute approximate surface area is 197 Å². The van der Waals surface area contributed by atoms with Gasteiger partial charge in [0.25, 0.3) is 5.69 Å². The van der Waals surface area contributed by atoms with Crippen LogP contribution < -0.4 is 14.1 Å². The third-order valence-electron chi connectivity index (χ3n) is 4.59. The monoisotopic (exact) mass is 486 g/mol. The summed E-state index contributed by atoms with van der Waals surface area (Å²) in [5.41, 5.74) is -0.391. The molecule has 9 nitrogen and oxygen atoms in total. The largest absolute Gasteiger partial charge is 0.513 e. The standard InChI is InChI=1S/C24H27N2O7P/c1-17(23(27)31-16-24(2,3)4)25-34(30,32-20-14-12-19(13-15-20)26(28)29)33-22-11-7-9-18-8-5-6-10-21(18)22/h5-15,17H,16H2,1-4H3,(H,25,30)/t17-,34+/m0/s1. The smallest absolute Gasteiger partial charge is 0.464 e. The number of nitro benzene ring substituents is 1. The number of ether oxygens (including phenoxy) is 1. The lowest BCUT2D eigenvalue weighted by molar-refractivity contribution is -0.384. The molecule has 0 radical (unpaired) electrons. The Balaban J connectivity index is 1.89. The summed E-state index contributed by atoms with van der Waals surface area (Å²) in [5, 5.41) is 15.1. The van der Waals surface area contributed by atoms with Crippen LogP contribution in [-0.2, 0) is 14.1 Å². The lowest BCUT2D eigenvalue weighted by atomic mass is 9.99. The molecule has 0 aliphatic carbocycles. The summed E-state index contributed by atoms with van der Waals surface area (Å²) < 4.78 is 30.6. The zero-order valence-corrected chi connectivity index (χ0v) is 20.3. The number of non-ortho nitro benzene ring substituents is 1. The van der Waals surface area contributed by atoms with Gasteiger partial charge in [-0.15, -0.1) is 0 Å². The summed E-state index contributed by atoms with van der Waals surface area (Å²) in [5.74, 6) is -0.271. The zero-order valence-electron chi connectivity index (χ0n) is 19.4. The number of hydrogen-bond acceptors (Lipinski definition) is 7. The molecule has 0 saturated carbocycles. The van der Waals surface area contributed by atoms with Gasteiger partial charge in [-0.2, -0.15) is 5.09 Å². The summed E-state index contributed by atoms with van der Waals surface area (Å²) in [6.07, 6.45) is 0. The Morgan fingerprint density at radius 1 is 1.03 bits per heavy atom. The van der Waals surface area contributed by atoms with Gasteiger partial charge in [-0.05, 0) is 35.9 Å². The van der Waals surface area contributed by atoms with Crippen molar-refractivity contribution in [2.24, 2.45) is 5.41 Å². The van der Waals surface area contributed by atoms with Gasteiger partial charge in [-0.1, -0.05) is 57.2 Å². The van der Waals surface area contributed by atoms with E-state index in [0.717, 1.165) is 5.39 Å². The van der Waals surface area contributed by atoms with E-state index in [0.29, 0.717) is 5.39 Å². The fraction of sp³-hybridized carbons (Fsp3) is 0.292. The van der Waals surface area contributed by atoms with E-state index in [4.69, 9.17) is 13.8 Å². The Morgan fingerprint density at radius 2 is 1.68 bits per heavy atom. The number of hydrogen-bond donors (Lipinski definition) is 1. The van der Waals surface area contributed by atoms with E-state index in [2.05, 4.69) is 5.09 Å². The first-order valence-corrected chi connectivity index (χ1v) is 12.2. The van der Waals surface area contributed by atoms with Gasteiger partial charge in [0.15, 0.2) is 0 Å². The second-order valence-corrected chi connectivity index (χ2v) is 10.5. The molecule has 0 unspecified atom stereocenters. The number of esters is 1. The lowest BCUT2D eigenvalue weighted by Gasteiger charge is -2.24. The fourth-order valence-electron chi connectivity index (χ4n) is 2.95. The van der Waals surface area contributed by atoms with Crippen molar-refractivity contribution < 1.29 is 28.1 Å². The Bertz CT molecular complexity index is 1220. The van der Waals surface area contributed by atoms with Crippen molar-refractivity contribution in [1.82, 2.24) is 5.09 Å². The van der Waals surface area contributed by atoms with Crippen LogP contribution in [0.25, 0.3) is 10.8 Å². The molecular weight excluding hydrogens is 459 g/mol. The van der Waals surface area contributed by atoms with Crippen LogP contribution >= 0.6 is 7.75 Å². The maximum absolute atomic E-state index is 13.8. The first kappa shape index (κ1) is 25.2. The molecule has 180 valence electrons. The SMILES string of the molecule is C[C@H](N[P@@](=O)(Oc1ccc([N+](=O)[O-])cc1)Oc1cccc2ccccc12)C(=O)OCC(C)(C)C. The summed E-state index contributed by atoms with van der Waals surface area (Å²) in [4.78, 5) is 22.9. The van der Waals surface area contributed by atoms with Gasteiger partial charge in [-0.25, -0.2) is 4.57 Å². The van der Waals surface area contributed by atoms with Gasteiger partial charge in [-0.3, -0.25) is 14.9 Å². The minimum absolute atomic E-state index is 0.0666. The molecule has 0 amide bonds. The predicted molar refractivity (Wildman–Crippen MR) is 129 cm³/mol. The number of fused-ring (bicyclic) bond motifs is 1. The van der Waals surface area contributed by atoms with Crippen molar-refractivity contribution in [1.29, 1.82) is 0 Å². The molecule has 1 N–H and O–H groups in total. The average molecular weight is 486 g/mol. The van der Waals surface area contributed by atoms with Crippen LogP contribution in [0.2, 0.25) is 0 Å². The quantitative estimate of drug-likeness (QED) is 0.172. The number of benzene rings is 3. The van der Waals surface area contributed by atoms with Crippen LogP contribution in [-0.4, -0.2) is 23.5 Å². The summed E-state index contributed by atoms with van der Waals surface area (Å²) in [7, 11) is -4.20. The van der Waals surface area contributed by atoms with Crippen molar-refractivity contribution in [3.8, 4) is 11.5 Å². The summed E-state index contributed by atoms with van der Waals surface area (Å²) >= 11 is 0. The van der Waals surface area contributed by atoms with Gasteiger partial charge in [0.05, 0.1) is 11.5 Å². The molecular formula is C24H27N2O7P. The van der Waals surface area contributed by atoms with Crippen LogP contribution in [0.1, 0.15) is 27.7 Å². The van der Waals surface area contributed by atoms with Crippen LogP contribution in [0.15, 0.2) is 66.7 Å².